The number of oxazole rings is 1. The van der Waals surface area contributed by atoms with E-state index in [0.717, 1.165) is 11.1 Å². The van der Waals surface area contributed by atoms with E-state index in [9.17, 15) is 4.79 Å². The molecule has 0 unspecified atom stereocenters. The van der Waals surface area contributed by atoms with Crippen LogP contribution in [0.3, 0.4) is 0 Å². The van der Waals surface area contributed by atoms with Crippen LogP contribution in [0.15, 0.2) is 46.9 Å². The van der Waals surface area contributed by atoms with Gasteiger partial charge in [-0.25, -0.2) is 9.67 Å². The van der Waals surface area contributed by atoms with Crippen molar-refractivity contribution in [2.75, 3.05) is 25.3 Å². The predicted octanol–water partition coefficient (Wildman–Crippen LogP) is 3.45. The first-order valence-corrected chi connectivity index (χ1v) is 10.1. The molecule has 33 heavy (non-hydrogen) atoms. The van der Waals surface area contributed by atoms with Gasteiger partial charge in [-0.05, 0) is 38.1 Å². The number of nitrogens with two attached hydrogens (primary N) is 1. The maximum Gasteiger partial charge on any atom is 0.280 e. The summed E-state index contributed by atoms with van der Waals surface area (Å²) in [4.78, 5) is 17.3. The number of carbonyl (C=O) groups excluding carboxylic acids is 1. The fourth-order valence-electron chi connectivity index (χ4n) is 3.32. The maximum absolute atomic E-state index is 12.7. The molecule has 0 saturated heterocycles. The van der Waals surface area contributed by atoms with Crippen LogP contribution in [0.4, 0.5) is 11.5 Å². The molecule has 4 aromatic rings. The summed E-state index contributed by atoms with van der Waals surface area (Å²) >= 11 is 0. The Kier molecular flexibility index (Phi) is 5.99. The lowest BCUT2D eigenvalue weighted by Gasteiger charge is -2.10. The molecule has 0 fully saturated rings. The highest BCUT2D eigenvalue weighted by molar-refractivity contribution is 6.05. The minimum absolute atomic E-state index is 0.00448. The van der Waals surface area contributed by atoms with E-state index in [2.05, 4.69) is 20.6 Å². The molecule has 0 bridgehead atoms. The molecule has 10 heteroatoms. The summed E-state index contributed by atoms with van der Waals surface area (Å²) in [6, 6.07) is 12.9. The second kappa shape index (κ2) is 9.03. The lowest BCUT2D eigenvalue weighted by molar-refractivity contribution is 0.102. The molecule has 1 amide bonds. The molecule has 0 radical (unpaired) electrons. The quantitative estimate of drug-likeness (QED) is 0.440. The van der Waals surface area contributed by atoms with Crippen molar-refractivity contribution in [1.82, 2.24) is 20.0 Å². The van der Waals surface area contributed by atoms with Gasteiger partial charge in [-0.1, -0.05) is 22.9 Å². The number of amides is 1. The zero-order valence-electron chi connectivity index (χ0n) is 18.7. The van der Waals surface area contributed by atoms with Crippen LogP contribution in [-0.2, 0) is 6.54 Å². The zero-order chi connectivity index (χ0) is 23.5. The molecule has 0 spiro atoms. The van der Waals surface area contributed by atoms with E-state index in [1.807, 2.05) is 38.1 Å². The first kappa shape index (κ1) is 21.9. The number of carbonyl (C=O) groups is 1. The number of nitrogens with one attached hydrogen (secondary N) is 1. The highest BCUT2D eigenvalue weighted by Crippen LogP contribution is 2.30. The number of benzene rings is 2. The van der Waals surface area contributed by atoms with Crippen molar-refractivity contribution in [2.24, 2.45) is 0 Å². The molecule has 10 nitrogen and oxygen atoms in total. The van der Waals surface area contributed by atoms with Gasteiger partial charge in [0.2, 0.25) is 5.89 Å². The van der Waals surface area contributed by atoms with Crippen LogP contribution in [0.2, 0.25) is 0 Å². The fraction of sp³-hybridized carbons (Fsp3) is 0.217. The third-order valence-electron chi connectivity index (χ3n) is 5.09. The molecule has 2 aromatic carbocycles. The number of aryl methyl sites for hydroxylation is 2. The molecule has 0 aliphatic carbocycles. The number of methoxy groups -OCH3 is 2. The van der Waals surface area contributed by atoms with Crippen LogP contribution < -0.4 is 20.5 Å². The van der Waals surface area contributed by atoms with Crippen molar-refractivity contribution in [3.05, 3.63) is 65.2 Å². The van der Waals surface area contributed by atoms with Crippen molar-refractivity contribution < 1.29 is 18.7 Å². The topological polar surface area (TPSA) is 130 Å². The van der Waals surface area contributed by atoms with E-state index < -0.39 is 5.91 Å². The van der Waals surface area contributed by atoms with Crippen LogP contribution >= 0.6 is 0 Å². The Hall–Kier alpha value is -4.34. The highest BCUT2D eigenvalue weighted by Gasteiger charge is 2.20. The summed E-state index contributed by atoms with van der Waals surface area (Å²) in [6.45, 7) is 4.04. The van der Waals surface area contributed by atoms with Crippen LogP contribution in [0.25, 0.3) is 11.5 Å². The van der Waals surface area contributed by atoms with Crippen LogP contribution in [0, 0.1) is 13.8 Å². The summed E-state index contributed by atoms with van der Waals surface area (Å²) < 4.78 is 17.7. The van der Waals surface area contributed by atoms with Gasteiger partial charge >= 0.3 is 0 Å². The van der Waals surface area contributed by atoms with Crippen LogP contribution in [0.5, 0.6) is 11.5 Å². The Morgan fingerprint density at radius 3 is 2.64 bits per heavy atom. The molecule has 0 atom stereocenters. The van der Waals surface area contributed by atoms with Crippen molar-refractivity contribution in [2.45, 2.75) is 20.4 Å². The Bertz CT molecular complexity index is 1310. The molecule has 0 aliphatic heterocycles. The van der Waals surface area contributed by atoms with Crippen molar-refractivity contribution in [3.8, 4) is 23.0 Å². The average molecular weight is 448 g/mol. The molecular weight excluding hydrogens is 424 g/mol. The lowest BCUT2D eigenvalue weighted by Crippen LogP contribution is -2.15. The van der Waals surface area contributed by atoms with Gasteiger partial charge in [0.15, 0.2) is 23.0 Å². The van der Waals surface area contributed by atoms with Gasteiger partial charge < -0.3 is 24.9 Å². The van der Waals surface area contributed by atoms with Gasteiger partial charge in [0.1, 0.15) is 11.5 Å². The Morgan fingerprint density at radius 1 is 1.12 bits per heavy atom. The predicted molar refractivity (Wildman–Crippen MR) is 122 cm³/mol. The average Bonchev–Trinajstić information content (AvgIpc) is 3.36. The molecule has 0 aliphatic rings. The standard InChI is InChI=1S/C23H24N6O4/c1-13-6-5-7-15(10-13)23-26-17(14(2)33-23)12-29-21(24)20(27-28-29)22(30)25-16-8-9-18(31-3)19(11-16)32-4/h5-11H,12,24H2,1-4H3,(H,25,30). The van der Waals surface area contributed by atoms with E-state index in [0.29, 0.717) is 34.5 Å². The molecular formula is C23H24N6O4. The second-order valence-corrected chi connectivity index (χ2v) is 7.40. The smallest absolute Gasteiger partial charge is 0.280 e. The van der Waals surface area contributed by atoms with Gasteiger partial charge in [0, 0.05) is 17.3 Å². The van der Waals surface area contributed by atoms with E-state index in [4.69, 9.17) is 19.6 Å². The summed E-state index contributed by atoms with van der Waals surface area (Å²) in [5, 5.41) is 10.7. The van der Waals surface area contributed by atoms with Gasteiger partial charge in [-0.2, -0.15) is 0 Å². The summed E-state index contributed by atoms with van der Waals surface area (Å²) in [5.41, 5.74) is 9.31. The monoisotopic (exact) mass is 448 g/mol. The highest BCUT2D eigenvalue weighted by atomic mass is 16.5. The number of hydrogen-bond acceptors (Lipinski definition) is 8. The van der Waals surface area contributed by atoms with Gasteiger partial charge in [0.05, 0.1) is 20.8 Å². The number of anilines is 2. The maximum atomic E-state index is 12.7. The molecule has 2 aromatic heterocycles. The second-order valence-electron chi connectivity index (χ2n) is 7.40. The van der Waals surface area contributed by atoms with Crippen molar-refractivity contribution in [1.29, 1.82) is 0 Å². The molecule has 170 valence electrons. The van der Waals surface area contributed by atoms with Gasteiger partial charge in [-0.15, -0.1) is 5.10 Å². The van der Waals surface area contributed by atoms with Crippen molar-refractivity contribution in [3.63, 3.8) is 0 Å². The lowest BCUT2D eigenvalue weighted by atomic mass is 10.1. The van der Waals surface area contributed by atoms with E-state index in [1.54, 1.807) is 18.2 Å². The van der Waals surface area contributed by atoms with Crippen molar-refractivity contribution >= 4 is 17.4 Å². The Labute approximate surface area is 190 Å². The van der Waals surface area contributed by atoms with Crippen LogP contribution in [0.1, 0.15) is 27.5 Å². The van der Waals surface area contributed by atoms with Gasteiger partial charge in [-0.3, -0.25) is 4.79 Å². The van der Waals surface area contributed by atoms with E-state index >= 15 is 0 Å². The normalized spacial score (nSPS) is 10.8. The molecule has 0 saturated carbocycles. The first-order chi connectivity index (χ1) is 15.9. The fourth-order valence-corrected chi connectivity index (χ4v) is 3.32. The minimum atomic E-state index is -0.497. The SMILES string of the molecule is COc1ccc(NC(=O)c2nnn(Cc3nc(-c4cccc(C)c4)oc3C)c2N)cc1OC. The van der Waals surface area contributed by atoms with E-state index in [-0.39, 0.29) is 18.1 Å². The third-order valence-corrected chi connectivity index (χ3v) is 5.09. The Balaban J connectivity index is 1.52. The molecule has 3 N–H and O–H groups in total. The number of ether oxygens (including phenoxy) is 2. The summed E-state index contributed by atoms with van der Waals surface area (Å²) in [5.74, 6) is 1.80. The minimum Gasteiger partial charge on any atom is -0.493 e. The number of aromatic nitrogens is 4. The first-order valence-electron chi connectivity index (χ1n) is 10.1. The zero-order valence-corrected chi connectivity index (χ0v) is 18.7. The van der Waals surface area contributed by atoms with Crippen LogP contribution in [-0.4, -0.2) is 40.1 Å². The summed E-state index contributed by atoms with van der Waals surface area (Å²) in [6.07, 6.45) is 0. The Morgan fingerprint density at radius 2 is 1.91 bits per heavy atom. The number of nitrogens with zero attached hydrogens (tertiary/aromatic N) is 4. The van der Waals surface area contributed by atoms with E-state index in [1.165, 1.54) is 18.9 Å². The molecule has 2 heterocycles. The number of hydrogen-bond donors (Lipinski definition) is 2. The van der Waals surface area contributed by atoms with Gasteiger partial charge in [0.25, 0.3) is 5.91 Å². The third kappa shape index (κ3) is 4.49. The summed E-state index contributed by atoms with van der Waals surface area (Å²) in [7, 11) is 3.05. The molecule has 4 rings (SSSR count). The largest absolute Gasteiger partial charge is 0.493 e. The number of rotatable bonds is 7. The number of nitrogen functional groups attached to an aromatic ring is 1.